The lowest BCUT2D eigenvalue weighted by Gasteiger charge is -2.29. The van der Waals surface area contributed by atoms with Crippen LogP contribution >= 0.6 is 0 Å². The average molecular weight is 321 g/mol. The quantitative estimate of drug-likeness (QED) is 0.725. The van der Waals surface area contributed by atoms with Gasteiger partial charge in [-0.1, -0.05) is 23.4 Å². The zero-order valence-corrected chi connectivity index (χ0v) is 13.1. The molecule has 3 aromatic rings. The van der Waals surface area contributed by atoms with Crippen LogP contribution in [0.1, 0.15) is 15.9 Å². The van der Waals surface area contributed by atoms with E-state index in [1.165, 1.54) is 6.39 Å². The van der Waals surface area contributed by atoms with Crippen LogP contribution in [0.3, 0.4) is 0 Å². The molecule has 0 unspecified atom stereocenters. The Hall–Kier alpha value is -3.15. The minimum absolute atomic E-state index is 0.0527. The standard InChI is InChI=1S/C18H15N3O3/c1-12-2-7-15-16(10-12)23-9-8-21(15)18(22)14-5-3-13(4-6-14)17-19-11-24-20-17/h2-7,10-11H,8-9H2,1H3. The summed E-state index contributed by atoms with van der Waals surface area (Å²) in [5.41, 5.74) is 3.32. The van der Waals surface area contributed by atoms with Crippen molar-refractivity contribution in [3.05, 3.63) is 60.0 Å². The number of benzene rings is 2. The van der Waals surface area contributed by atoms with Gasteiger partial charge in [0.1, 0.15) is 12.4 Å². The van der Waals surface area contributed by atoms with Gasteiger partial charge in [0.15, 0.2) is 0 Å². The highest BCUT2D eigenvalue weighted by molar-refractivity contribution is 6.07. The fourth-order valence-corrected chi connectivity index (χ4v) is 2.75. The maximum absolute atomic E-state index is 12.9. The van der Waals surface area contributed by atoms with Crippen LogP contribution < -0.4 is 9.64 Å². The third kappa shape index (κ3) is 2.52. The molecule has 120 valence electrons. The lowest BCUT2D eigenvalue weighted by molar-refractivity contribution is 0.0976. The molecule has 1 aliphatic rings. The normalized spacial score (nSPS) is 13.3. The van der Waals surface area contributed by atoms with Gasteiger partial charge >= 0.3 is 0 Å². The molecule has 0 N–H and O–H groups in total. The topological polar surface area (TPSA) is 68.5 Å². The van der Waals surface area contributed by atoms with E-state index >= 15 is 0 Å². The van der Waals surface area contributed by atoms with Crippen molar-refractivity contribution in [3.8, 4) is 17.1 Å². The molecule has 0 bridgehead atoms. The minimum atomic E-state index is -0.0527. The smallest absolute Gasteiger partial charge is 0.258 e. The van der Waals surface area contributed by atoms with Crippen LogP contribution in [-0.4, -0.2) is 29.2 Å². The van der Waals surface area contributed by atoms with Gasteiger partial charge in [0, 0.05) is 11.1 Å². The van der Waals surface area contributed by atoms with E-state index in [1.54, 1.807) is 17.0 Å². The van der Waals surface area contributed by atoms with E-state index in [9.17, 15) is 4.79 Å². The summed E-state index contributed by atoms with van der Waals surface area (Å²) in [4.78, 5) is 18.6. The number of carbonyl (C=O) groups is 1. The van der Waals surface area contributed by atoms with Crippen LogP contribution in [0.5, 0.6) is 5.75 Å². The van der Waals surface area contributed by atoms with E-state index in [4.69, 9.17) is 9.26 Å². The van der Waals surface area contributed by atoms with Gasteiger partial charge in [-0.25, -0.2) is 0 Å². The first-order valence-corrected chi connectivity index (χ1v) is 7.64. The Bertz CT molecular complexity index is 873. The second-order valence-electron chi connectivity index (χ2n) is 5.61. The fourth-order valence-electron chi connectivity index (χ4n) is 2.75. The highest BCUT2D eigenvalue weighted by Crippen LogP contribution is 2.33. The SMILES string of the molecule is Cc1ccc2c(c1)OCCN2C(=O)c1ccc(-c2ncon2)cc1. The molecule has 0 atom stereocenters. The zero-order chi connectivity index (χ0) is 16.5. The third-order valence-electron chi connectivity index (χ3n) is 3.98. The highest BCUT2D eigenvalue weighted by atomic mass is 16.5. The first-order valence-electron chi connectivity index (χ1n) is 7.64. The number of carbonyl (C=O) groups excluding carboxylic acids is 1. The van der Waals surface area contributed by atoms with Crippen molar-refractivity contribution in [2.24, 2.45) is 0 Å². The van der Waals surface area contributed by atoms with E-state index in [2.05, 4.69) is 10.1 Å². The molecule has 0 saturated heterocycles. The van der Waals surface area contributed by atoms with Crippen molar-refractivity contribution in [1.82, 2.24) is 10.1 Å². The average Bonchev–Trinajstić information content (AvgIpc) is 3.15. The molecule has 1 amide bonds. The molecule has 2 heterocycles. The van der Waals surface area contributed by atoms with Gasteiger partial charge in [-0.15, -0.1) is 0 Å². The van der Waals surface area contributed by atoms with E-state index in [1.807, 2.05) is 37.3 Å². The largest absolute Gasteiger partial charge is 0.490 e. The summed E-state index contributed by atoms with van der Waals surface area (Å²) in [5.74, 6) is 1.20. The summed E-state index contributed by atoms with van der Waals surface area (Å²) in [7, 11) is 0. The number of ether oxygens (including phenoxy) is 1. The maximum Gasteiger partial charge on any atom is 0.258 e. The van der Waals surface area contributed by atoms with E-state index in [-0.39, 0.29) is 5.91 Å². The summed E-state index contributed by atoms with van der Waals surface area (Å²) in [5, 5.41) is 3.79. The zero-order valence-electron chi connectivity index (χ0n) is 13.1. The Kier molecular flexibility index (Phi) is 3.49. The Morgan fingerprint density at radius 3 is 2.75 bits per heavy atom. The number of rotatable bonds is 2. The van der Waals surface area contributed by atoms with Crippen molar-refractivity contribution in [2.75, 3.05) is 18.1 Å². The van der Waals surface area contributed by atoms with Gasteiger partial charge in [0.2, 0.25) is 12.2 Å². The highest BCUT2D eigenvalue weighted by Gasteiger charge is 2.24. The predicted octanol–water partition coefficient (Wildman–Crippen LogP) is 3.08. The van der Waals surface area contributed by atoms with Crippen molar-refractivity contribution in [3.63, 3.8) is 0 Å². The van der Waals surface area contributed by atoms with Crippen LogP contribution in [0, 0.1) is 6.92 Å². The Balaban J connectivity index is 1.63. The molecule has 4 rings (SSSR count). The Labute approximate surface area is 138 Å². The molecule has 6 heteroatoms. The van der Waals surface area contributed by atoms with E-state index in [0.29, 0.717) is 24.5 Å². The number of fused-ring (bicyclic) bond motifs is 1. The summed E-state index contributed by atoms with van der Waals surface area (Å²) in [6.07, 6.45) is 1.28. The summed E-state index contributed by atoms with van der Waals surface area (Å²) in [6.45, 7) is 3.02. The Morgan fingerprint density at radius 1 is 1.17 bits per heavy atom. The number of hydrogen-bond donors (Lipinski definition) is 0. The van der Waals surface area contributed by atoms with Crippen LogP contribution in [0.4, 0.5) is 5.69 Å². The number of hydrogen-bond acceptors (Lipinski definition) is 5. The van der Waals surface area contributed by atoms with Gasteiger partial charge < -0.3 is 14.2 Å². The van der Waals surface area contributed by atoms with Gasteiger partial charge in [0.05, 0.1) is 12.2 Å². The van der Waals surface area contributed by atoms with E-state index in [0.717, 1.165) is 22.6 Å². The summed E-state index contributed by atoms with van der Waals surface area (Å²) in [6, 6.07) is 13.0. The van der Waals surface area contributed by atoms with E-state index < -0.39 is 0 Å². The van der Waals surface area contributed by atoms with Gasteiger partial charge in [-0.2, -0.15) is 4.98 Å². The third-order valence-corrected chi connectivity index (χ3v) is 3.98. The first kappa shape index (κ1) is 14.4. The van der Waals surface area contributed by atoms with Crippen molar-refractivity contribution in [1.29, 1.82) is 0 Å². The molecular formula is C18H15N3O3. The second kappa shape index (κ2) is 5.81. The van der Waals surface area contributed by atoms with Gasteiger partial charge in [-0.3, -0.25) is 4.79 Å². The fraction of sp³-hybridized carbons (Fsp3) is 0.167. The molecule has 0 spiro atoms. The predicted molar refractivity (Wildman–Crippen MR) is 88.1 cm³/mol. The van der Waals surface area contributed by atoms with Crippen LogP contribution in [0.25, 0.3) is 11.4 Å². The number of amides is 1. The second-order valence-corrected chi connectivity index (χ2v) is 5.61. The summed E-state index contributed by atoms with van der Waals surface area (Å²) >= 11 is 0. The van der Waals surface area contributed by atoms with Crippen molar-refractivity contribution < 1.29 is 14.1 Å². The lowest BCUT2D eigenvalue weighted by atomic mass is 10.1. The first-order chi connectivity index (χ1) is 11.7. The molecule has 0 fully saturated rings. The van der Waals surface area contributed by atoms with Crippen molar-refractivity contribution in [2.45, 2.75) is 6.92 Å². The Morgan fingerprint density at radius 2 is 2.00 bits per heavy atom. The molecule has 0 aliphatic carbocycles. The van der Waals surface area contributed by atoms with Crippen LogP contribution in [0.2, 0.25) is 0 Å². The monoisotopic (exact) mass is 321 g/mol. The number of aromatic nitrogens is 2. The molecule has 1 aromatic heterocycles. The molecule has 1 aliphatic heterocycles. The van der Waals surface area contributed by atoms with Crippen LogP contribution in [-0.2, 0) is 0 Å². The molecule has 0 saturated carbocycles. The molecule has 24 heavy (non-hydrogen) atoms. The number of aryl methyl sites for hydroxylation is 1. The van der Waals surface area contributed by atoms with Gasteiger partial charge in [0.25, 0.3) is 5.91 Å². The number of anilines is 1. The molecule has 0 radical (unpaired) electrons. The number of nitrogens with zero attached hydrogens (tertiary/aromatic N) is 3. The molecular weight excluding hydrogens is 306 g/mol. The van der Waals surface area contributed by atoms with Gasteiger partial charge in [-0.05, 0) is 36.8 Å². The van der Waals surface area contributed by atoms with Crippen molar-refractivity contribution >= 4 is 11.6 Å². The van der Waals surface area contributed by atoms with Crippen LogP contribution in [0.15, 0.2) is 53.4 Å². The molecule has 2 aromatic carbocycles. The summed E-state index contributed by atoms with van der Waals surface area (Å²) < 4.78 is 10.4. The lowest BCUT2D eigenvalue weighted by Crippen LogP contribution is -2.37. The maximum atomic E-state index is 12.9. The molecule has 6 nitrogen and oxygen atoms in total. The minimum Gasteiger partial charge on any atom is -0.490 e.